The summed E-state index contributed by atoms with van der Waals surface area (Å²) in [5.74, 6) is -0.191. The first-order valence-corrected chi connectivity index (χ1v) is 8.96. The summed E-state index contributed by atoms with van der Waals surface area (Å²) in [6.45, 7) is 2.56. The van der Waals surface area contributed by atoms with Crippen molar-refractivity contribution in [1.29, 1.82) is 5.53 Å². The van der Waals surface area contributed by atoms with E-state index in [9.17, 15) is 9.18 Å². The molecule has 3 rings (SSSR count). The van der Waals surface area contributed by atoms with Crippen molar-refractivity contribution in [2.75, 3.05) is 11.9 Å². The molecule has 2 aromatic carbocycles. The summed E-state index contributed by atoms with van der Waals surface area (Å²) in [5.41, 5.74) is 9.16. The van der Waals surface area contributed by atoms with Crippen LogP contribution < -0.4 is 5.32 Å². The van der Waals surface area contributed by atoms with Crippen molar-refractivity contribution < 1.29 is 9.18 Å². The van der Waals surface area contributed by atoms with Gasteiger partial charge in [-0.15, -0.1) is 15.3 Å². The van der Waals surface area contributed by atoms with Crippen molar-refractivity contribution >= 4 is 11.7 Å². The van der Waals surface area contributed by atoms with Crippen molar-refractivity contribution in [1.82, 2.24) is 10.2 Å². The summed E-state index contributed by atoms with van der Waals surface area (Å²) in [6, 6.07) is 17.1. The van der Waals surface area contributed by atoms with Crippen LogP contribution in [0.5, 0.6) is 0 Å². The molecule has 1 unspecified atom stereocenters. The van der Waals surface area contributed by atoms with Gasteiger partial charge in [0.15, 0.2) is 0 Å². The molecule has 6 nitrogen and oxygen atoms in total. The lowest BCUT2D eigenvalue weighted by atomic mass is 9.96. The van der Waals surface area contributed by atoms with Crippen LogP contribution >= 0.6 is 0 Å². The first kappa shape index (κ1) is 19.3. The predicted octanol–water partition coefficient (Wildman–Crippen LogP) is 5.06. The first-order valence-electron chi connectivity index (χ1n) is 8.96. The number of amides is 1. The molecule has 0 saturated carbocycles. The number of rotatable bonds is 7. The minimum Gasteiger partial charge on any atom is -0.368 e. The van der Waals surface area contributed by atoms with Gasteiger partial charge in [-0.05, 0) is 42.3 Å². The molecule has 0 bridgehead atoms. The van der Waals surface area contributed by atoms with Gasteiger partial charge in [0.05, 0.1) is 5.69 Å². The molecule has 0 fully saturated rings. The number of hydrogen-bond acceptors (Lipinski definition) is 5. The van der Waals surface area contributed by atoms with Gasteiger partial charge in [0.1, 0.15) is 11.6 Å². The zero-order chi connectivity index (χ0) is 19.9. The van der Waals surface area contributed by atoms with E-state index >= 15 is 0 Å². The molecule has 3 aromatic rings. The minimum atomic E-state index is -0.605. The van der Waals surface area contributed by atoms with Gasteiger partial charge in [-0.1, -0.05) is 37.3 Å². The molecule has 28 heavy (non-hydrogen) atoms. The Labute approximate surface area is 162 Å². The Bertz CT molecular complexity index is 975. The second kappa shape index (κ2) is 8.94. The minimum absolute atomic E-state index is 0.0268. The maximum absolute atomic E-state index is 14.0. The molecule has 1 aromatic heterocycles. The third-order valence-corrected chi connectivity index (χ3v) is 4.54. The molecular formula is C21H20FN5O. The van der Waals surface area contributed by atoms with Gasteiger partial charge in [-0.3, -0.25) is 4.79 Å². The lowest BCUT2D eigenvalue weighted by molar-refractivity contribution is 0.0991. The lowest BCUT2D eigenvalue weighted by Crippen LogP contribution is -2.14. The number of hydrogen-bond donors (Lipinski definition) is 2. The van der Waals surface area contributed by atoms with E-state index in [-0.39, 0.29) is 11.7 Å². The number of anilines is 1. The molecule has 0 aliphatic carbocycles. The number of aromatic nitrogens is 2. The average Bonchev–Trinajstić information content (AvgIpc) is 2.75. The van der Waals surface area contributed by atoms with Crippen molar-refractivity contribution in [3.05, 3.63) is 77.6 Å². The van der Waals surface area contributed by atoms with Crippen molar-refractivity contribution in [3.8, 4) is 11.3 Å². The van der Waals surface area contributed by atoms with E-state index in [1.165, 1.54) is 6.07 Å². The second-order valence-corrected chi connectivity index (χ2v) is 6.31. The van der Waals surface area contributed by atoms with Crippen LogP contribution in [-0.4, -0.2) is 22.6 Å². The summed E-state index contributed by atoms with van der Waals surface area (Å²) in [5, 5.41) is 14.5. The Morgan fingerprint density at radius 3 is 2.64 bits per heavy atom. The average molecular weight is 377 g/mol. The molecule has 1 heterocycles. The van der Waals surface area contributed by atoms with Crippen LogP contribution in [0.4, 0.5) is 10.2 Å². The smallest absolute Gasteiger partial charge is 0.294 e. The Morgan fingerprint density at radius 1 is 1.14 bits per heavy atom. The van der Waals surface area contributed by atoms with Crippen LogP contribution in [0.25, 0.3) is 11.3 Å². The fourth-order valence-corrected chi connectivity index (χ4v) is 2.96. The quantitative estimate of drug-likeness (QED) is 0.563. The maximum atomic E-state index is 14.0. The zero-order valence-corrected chi connectivity index (χ0v) is 15.4. The molecular weight excluding hydrogens is 357 g/mol. The fourth-order valence-electron chi connectivity index (χ4n) is 2.96. The van der Waals surface area contributed by atoms with E-state index in [2.05, 4.69) is 20.6 Å². The van der Waals surface area contributed by atoms with Crippen LogP contribution in [0.15, 0.2) is 65.8 Å². The molecule has 0 aliphatic heterocycles. The number of benzene rings is 2. The number of halogens is 1. The van der Waals surface area contributed by atoms with Crippen LogP contribution in [-0.2, 0) is 0 Å². The Kier molecular flexibility index (Phi) is 6.16. The van der Waals surface area contributed by atoms with E-state index < -0.39 is 5.91 Å². The summed E-state index contributed by atoms with van der Waals surface area (Å²) in [4.78, 5) is 11.5. The third kappa shape index (κ3) is 4.43. The monoisotopic (exact) mass is 377 g/mol. The lowest BCUT2D eigenvalue weighted by Gasteiger charge is -2.17. The van der Waals surface area contributed by atoms with Crippen LogP contribution in [0.2, 0.25) is 0 Å². The van der Waals surface area contributed by atoms with E-state index in [0.29, 0.717) is 34.7 Å². The topological polar surface area (TPSA) is 91.1 Å². The summed E-state index contributed by atoms with van der Waals surface area (Å²) in [6.07, 6.45) is 0.793. The molecule has 0 spiro atoms. The number of nitrogens with zero attached hydrogens (tertiary/aromatic N) is 3. The Morgan fingerprint density at radius 2 is 1.96 bits per heavy atom. The van der Waals surface area contributed by atoms with Crippen LogP contribution in [0.3, 0.4) is 0 Å². The number of carbonyl (C=O) groups is 1. The van der Waals surface area contributed by atoms with Crippen LogP contribution in [0, 0.1) is 11.3 Å². The van der Waals surface area contributed by atoms with Crippen molar-refractivity contribution in [2.45, 2.75) is 19.3 Å². The normalized spacial score (nSPS) is 11.6. The zero-order valence-electron chi connectivity index (χ0n) is 15.4. The molecule has 1 atom stereocenters. The number of nitrogens with one attached hydrogen (secondary N) is 2. The van der Waals surface area contributed by atoms with Gasteiger partial charge in [0.25, 0.3) is 5.91 Å². The molecule has 0 saturated heterocycles. The van der Waals surface area contributed by atoms with Crippen LogP contribution in [0.1, 0.15) is 35.2 Å². The highest BCUT2D eigenvalue weighted by molar-refractivity contribution is 5.95. The first-order chi connectivity index (χ1) is 13.6. The molecule has 0 radical (unpaired) electrons. The Balaban J connectivity index is 1.70. The van der Waals surface area contributed by atoms with E-state index in [4.69, 9.17) is 5.53 Å². The Hall–Kier alpha value is -3.48. The largest absolute Gasteiger partial charge is 0.368 e. The van der Waals surface area contributed by atoms with E-state index in [0.717, 1.165) is 6.42 Å². The van der Waals surface area contributed by atoms with Crippen molar-refractivity contribution in [2.24, 2.45) is 5.11 Å². The number of carbonyl (C=O) groups excluding carboxylic acids is 1. The summed E-state index contributed by atoms with van der Waals surface area (Å²) >= 11 is 0. The summed E-state index contributed by atoms with van der Waals surface area (Å²) < 4.78 is 14.0. The highest BCUT2D eigenvalue weighted by Gasteiger charge is 2.14. The van der Waals surface area contributed by atoms with Gasteiger partial charge in [0, 0.05) is 23.6 Å². The van der Waals surface area contributed by atoms with E-state index in [1.807, 2.05) is 19.1 Å². The molecule has 0 aliphatic rings. The van der Waals surface area contributed by atoms with Gasteiger partial charge >= 0.3 is 0 Å². The molecule has 7 heteroatoms. The molecule has 1 amide bonds. The predicted molar refractivity (Wildman–Crippen MR) is 105 cm³/mol. The van der Waals surface area contributed by atoms with Gasteiger partial charge in [-0.25, -0.2) is 9.92 Å². The van der Waals surface area contributed by atoms with Gasteiger partial charge in [0.2, 0.25) is 0 Å². The van der Waals surface area contributed by atoms with Crippen molar-refractivity contribution in [3.63, 3.8) is 0 Å². The molecule has 2 N–H and O–H groups in total. The van der Waals surface area contributed by atoms with E-state index in [1.54, 1.807) is 42.5 Å². The third-order valence-electron chi connectivity index (χ3n) is 4.54. The second-order valence-electron chi connectivity index (χ2n) is 6.31. The molecule has 142 valence electrons. The summed E-state index contributed by atoms with van der Waals surface area (Å²) in [7, 11) is 0. The highest BCUT2D eigenvalue weighted by atomic mass is 19.1. The highest BCUT2D eigenvalue weighted by Crippen LogP contribution is 2.23. The van der Waals surface area contributed by atoms with Gasteiger partial charge in [-0.2, -0.15) is 0 Å². The maximum Gasteiger partial charge on any atom is 0.294 e. The van der Waals surface area contributed by atoms with Gasteiger partial charge < -0.3 is 5.32 Å². The fraction of sp³-hybridized carbons (Fsp3) is 0.190. The SMILES string of the molecule is CCC(CNc1ccc(-c2cccc(C(=O)N=N)c2)nn1)c1ccccc1F. The standard InChI is InChI=1S/C21H20FN5O/c1-2-14(17-8-3-4-9-18(17)22)13-24-20-11-10-19(26-27-20)15-6-5-7-16(12-15)21(28)25-23/h3-12,14,23H,2,13H2,1H3,(H,24,27).